The van der Waals surface area contributed by atoms with Gasteiger partial charge < -0.3 is 20.3 Å². The molecular formula is C36H44N4O5S. The number of hydrogen-bond donors (Lipinski definition) is 4. The van der Waals surface area contributed by atoms with E-state index in [-0.39, 0.29) is 23.2 Å². The first-order valence-corrected chi connectivity index (χ1v) is 16.1. The molecule has 0 radical (unpaired) electrons. The molecule has 0 aliphatic heterocycles. The summed E-state index contributed by atoms with van der Waals surface area (Å²) in [5.41, 5.74) is 3.51. The predicted molar refractivity (Wildman–Crippen MR) is 182 cm³/mol. The van der Waals surface area contributed by atoms with Gasteiger partial charge >= 0.3 is 5.97 Å². The lowest BCUT2D eigenvalue weighted by Gasteiger charge is -2.26. The Morgan fingerprint density at radius 2 is 1.48 bits per heavy atom. The average molecular weight is 645 g/mol. The van der Waals surface area contributed by atoms with E-state index in [1.54, 1.807) is 18.5 Å². The minimum absolute atomic E-state index is 0.0816. The quantitative estimate of drug-likeness (QED) is 0.132. The second-order valence-electron chi connectivity index (χ2n) is 13.7. The highest BCUT2D eigenvalue weighted by Gasteiger charge is 2.27. The Balaban J connectivity index is 1.45. The third-order valence-electron chi connectivity index (χ3n) is 7.24. The van der Waals surface area contributed by atoms with Crippen LogP contribution < -0.4 is 15.4 Å². The lowest BCUT2D eigenvalue weighted by atomic mass is 9.95. The number of aliphatic carboxylic acids is 1. The Morgan fingerprint density at radius 3 is 2.02 bits per heavy atom. The van der Waals surface area contributed by atoms with Gasteiger partial charge in [0.25, 0.3) is 5.91 Å². The van der Waals surface area contributed by atoms with Gasteiger partial charge in [0, 0.05) is 28.4 Å². The zero-order chi connectivity index (χ0) is 33.6. The molecule has 0 fully saturated rings. The van der Waals surface area contributed by atoms with E-state index in [4.69, 9.17) is 4.74 Å². The topological polar surface area (TPSA) is 134 Å². The van der Waals surface area contributed by atoms with Gasteiger partial charge in [-0.1, -0.05) is 77.9 Å². The molecule has 3 atom stereocenters. The first-order valence-electron chi connectivity index (χ1n) is 15.3. The van der Waals surface area contributed by atoms with Gasteiger partial charge in [0.2, 0.25) is 0 Å². The highest BCUT2D eigenvalue weighted by molar-refractivity contribution is 7.14. The van der Waals surface area contributed by atoms with Crippen molar-refractivity contribution in [2.75, 3.05) is 6.61 Å². The molecule has 9 nitrogen and oxygen atoms in total. The van der Waals surface area contributed by atoms with Crippen molar-refractivity contribution < 1.29 is 24.5 Å². The number of aliphatic hydroxyl groups is 1. The van der Waals surface area contributed by atoms with Crippen LogP contribution in [0.1, 0.15) is 68.6 Å². The first-order chi connectivity index (χ1) is 21.6. The van der Waals surface area contributed by atoms with Crippen LogP contribution >= 0.6 is 11.3 Å². The van der Waals surface area contributed by atoms with Crippen LogP contribution in [0.2, 0.25) is 0 Å². The summed E-state index contributed by atoms with van der Waals surface area (Å²) in [5, 5.41) is 25.9. The fourth-order valence-corrected chi connectivity index (χ4v) is 5.47. The lowest BCUT2D eigenvalue weighted by molar-refractivity contribution is -0.140. The molecule has 1 unspecified atom stereocenters. The maximum Gasteiger partial charge on any atom is 0.320 e. The summed E-state index contributed by atoms with van der Waals surface area (Å²) < 4.78 is 5.87. The molecule has 10 heteroatoms. The number of aliphatic hydroxyl groups excluding tert-OH is 1. The fraction of sp³-hybridized carbons (Fsp3) is 0.389. The van der Waals surface area contributed by atoms with Crippen LogP contribution in [0.25, 0.3) is 22.5 Å². The van der Waals surface area contributed by atoms with Crippen LogP contribution in [0.3, 0.4) is 0 Å². The van der Waals surface area contributed by atoms with Crippen molar-refractivity contribution in [3.8, 4) is 28.3 Å². The van der Waals surface area contributed by atoms with Crippen LogP contribution in [0.4, 0.5) is 0 Å². The van der Waals surface area contributed by atoms with Crippen LogP contribution in [-0.4, -0.2) is 57.0 Å². The molecular weight excluding hydrogens is 600 g/mol. The van der Waals surface area contributed by atoms with E-state index in [1.165, 1.54) is 18.3 Å². The number of amides is 1. The molecule has 0 bridgehead atoms. The van der Waals surface area contributed by atoms with E-state index >= 15 is 0 Å². The van der Waals surface area contributed by atoms with Gasteiger partial charge in [0.15, 0.2) is 5.82 Å². The molecule has 2 heterocycles. The van der Waals surface area contributed by atoms with E-state index < -0.39 is 24.3 Å². The maximum absolute atomic E-state index is 13.2. The molecule has 2 aromatic carbocycles. The van der Waals surface area contributed by atoms with Gasteiger partial charge in [-0.25, -0.2) is 9.97 Å². The average Bonchev–Trinajstić information content (AvgIpc) is 3.52. The molecule has 0 spiro atoms. The van der Waals surface area contributed by atoms with Crippen LogP contribution in [0, 0.1) is 5.41 Å². The van der Waals surface area contributed by atoms with Crippen molar-refractivity contribution in [2.45, 2.75) is 78.6 Å². The summed E-state index contributed by atoms with van der Waals surface area (Å²) >= 11 is 1.40. The van der Waals surface area contributed by atoms with Gasteiger partial charge in [-0.15, -0.1) is 11.3 Å². The van der Waals surface area contributed by atoms with E-state index in [2.05, 4.69) is 62.1 Å². The van der Waals surface area contributed by atoms with Gasteiger partial charge in [-0.05, 0) is 59.6 Å². The number of thiophene rings is 1. The Hall–Kier alpha value is -4.12. The smallest absolute Gasteiger partial charge is 0.320 e. The number of hydrogen-bond acceptors (Lipinski definition) is 8. The van der Waals surface area contributed by atoms with Crippen molar-refractivity contribution in [1.29, 1.82) is 0 Å². The van der Waals surface area contributed by atoms with E-state index in [0.717, 1.165) is 32.9 Å². The SMILES string of the molecule is C[C@@H](NC(O)[C@H](Cc1ccc(-c2ncc(-c3ccc(OCC(C)(C)C)cc3)cn2)cc1)NC(=O)c1ccc(C(C)(C)C)s1)C(=O)O. The largest absolute Gasteiger partial charge is 0.493 e. The monoisotopic (exact) mass is 644 g/mol. The van der Waals surface area contributed by atoms with Crippen molar-refractivity contribution in [3.05, 3.63) is 88.4 Å². The minimum Gasteiger partial charge on any atom is -0.493 e. The number of carboxylic acid groups (broad SMARTS) is 1. The summed E-state index contributed by atoms with van der Waals surface area (Å²) in [6.45, 7) is 14.7. The number of carbonyl (C=O) groups excluding carboxylic acids is 1. The van der Waals surface area contributed by atoms with E-state index in [9.17, 15) is 19.8 Å². The molecule has 0 saturated carbocycles. The molecule has 4 aromatic rings. The molecule has 46 heavy (non-hydrogen) atoms. The van der Waals surface area contributed by atoms with Gasteiger partial charge in [0.05, 0.1) is 17.5 Å². The van der Waals surface area contributed by atoms with Gasteiger partial charge in [0.1, 0.15) is 18.0 Å². The van der Waals surface area contributed by atoms with Gasteiger partial charge in [-0.2, -0.15) is 0 Å². The van der Waals surface area contributed by atoms with Crippen molar-refractivity contribution in [2.24, 2.45) is 5.41 Å². The third kappa shape index (κ3) is 9.69. The summed E-state index contributed by atoms with van der Waals surface area (Å²) in [7, 11) is 0. The number of ether oxygens (including phenoxy) is 1. The highest BCUT2D eigenvalue weighted by atomic mass is 32.1. The lowest BCUT2D eigenvalue weighted by Crippen LogP contribution is -2.54. The zero-order valence-corrected chi connectivity index (χ0v) is 28.3. The van der Waals surface area contributed by atoms with Crippen LogP contribution in [-0.2, 0) is 16.6 Å². The number of rotatable bonds is 12. The third-order valence-corrected chi connectivity index (χ3v) is 8.75. The number of benzene rings is 2. The highest BCUT2D eigenvalue weighted by Crippen LogP contribution is 2.30. The van der Waals surface area contributed by atoms with Crippen LogP contribution in [0.15, 0.2) is 73.1 Å². The van der Waals surface area contributed by atoms with E-state index in [0.29, 0.717) is 17.3 Å². The molecule has 2 aromatic heterocycles. The second kappa shape index (κ2) is 14.5. The number of nitrogens with one attached hydrogen (secondary N) is 2. The number of carboxylic acids is 1. The summed E-state index contributed by atoms with van der Waals surface area (Å²) in [5.74, 6) is -0.0465. The molecule has 244 valence electrons. The molecule has 0 saturated heterocycles. The van der Waals surface area contributed by atoms with E-state index in [1.807, 2.05) is 54.6 Å². The van der Waals surface area contributed by atoms with Crippen LogP contribution in [0.5, 0.6) is 5.75 Å². The second-order valence-corrected chi connectivity index (χ2v) is 14.8. The van der Waals surface area contributed by atoms with Gasteiger partial charge in [-0.3, -0.25) is 14.9 Å². The summed E-state index contributed by atoms with van der Waals surface area (Å²) in [4.78, 5) is 35.3. The Labute approximate surface area is 275 Å². The Bertz CT molecular complexity index is 1600. The summed E-state index contributed by atoms with van der Waals surface area (Å²) in [6, 6.07) is 17.3. The Kier molecular flexibility index (Phi) is 11.0. The molecule has 0 aliphatic carbocycles. The first kappa shape index (κ1) is 34.7. The summed E-state index contributed by atoms with van der Waals surface area (Å²) in [6.07, 6.45) is 2.54. The molecule has 1 amide bonds. The molecule has 4 N–H and O–H groups in total. The normalized spacial score (nSPS) is 13.9. The van der Waals surface area contributed by atoms with Crippen molar-refractivity contribution >= 4 is 23.2 Å². The van der Waals surface area contributed by atoms with Crippen molar-refractivity contribution in [3.63, 3.8) is 0 Å². The fourth-order valence-electron chi connectivity index (χ4n) is 4.50. The standard InChI is InChI=1S/C36H44N4O5S/c1-22(34(43)44)39-32(41)28(40-33(42)29-16-17-30(46-29)36(5,6)7)18-23-8-10-25(11-9-23)31-37-19-26(20-38-31)24-12-14-27(15-13-24)45-21-35(2,3)4/h8-17,19-20,22,28,32,39,41H,18,21H2,1-7H3,(H,40,42)(H,43,44)/t22-,28+,32?/m1/s1. The van der Waals surface area contributed by atoms with Crippen molar-refractivity contribution in [1.82, 2.24) is 20.6 Å². The predicted octanol–water partition coefficient (Wildman–Crippen LogP) is 6.32. The number of nitrogens with zero attached hydrogens (tertiary/aromatic N) is 2. The molecule has 4 rings (SSSR count). The number of carbonyl (C=O) groups is 2. The zero-order valence-electron chi connectivity index (χ0n) is 27.5. The minimum atomic E-state index is -1.30. The number of aromatic nitrogens is 2. The Morgan fingerprint density at radius 1 is 0.870 bits per heavy atom. The molecule has 0 aliphatic rings. The maximum atomic E-state index is 13.2.